The second-order valence-electron chi connectivity index (χ2n) is 3.67. The molecule has 2 N–H and O–H groups in total. The molecule has 2 aromatic rings. The number of nitrogens with one attached hydrogen (secondary N) is 2. The summed E-state index contributed by atoms with van der Waals surface area (Å²) in [5.74, 6) is 0. The Labute approximate surface area is 101 Å². The van der Waals surface area contributed by atoms with Gasteiger partial charge in [-0.1, -0.05) is 12.1 Å². The molecular formula is C11H10N2OS2. The van der Waals surface area contributed by atoms with Gasteiger partial charge in [0.1, 0.15) is 5.54 Å². The topological polar surface area (TPSA) is 41.1 Å². The minimum Gasteiger partial charge on any atom is -0.335 e. The molecule has 1 aliphatic heterocycles. The lowest BCUT2D eigenvalue weighted by Crippen LogP contribution is -2.40. The quantitative estimate of drug-likeness (QED) is 0.844. The SMILES string of the molecule is O=C1NCC(c2cccs2)(c2cccs2)N1. The molecule has 0 bridgehead atoms. The monoisotopic (exact) mass is 250 g/mol. The summed E-state index contributed by atoms with van der Waals surface area (Å²) in [7, 11) is 0. The number of hydrogen-bond acceptors (Lipinski definition) is 3. The molecule has 2 amide bonds. The number of rotatable bonds is 2. The Kier molecular flexibility index (Phi) is 2.22. The molecule has 0 aromatic carbocycles. The van der Waals surface area contributed by atoms with Crippen LogP contribution in [0.15, 0.2) is 35.0 Å². The van der Waals surface area contributed by atoms with Crippen LogP contribution in [0.2, 0.25) is 0 Å². The smallest absolute Gasteiger partial charge is 0.315 e. The average Bonchev–Trinajstić information content (AvgIpc) is 2.99. The summed E-state index contributed by atoms with van der Waals surface area (Å²) >= 11 is 3.34. The van der Waals surface area contributed by atoms with Crippen molar-refractivity contribution in [1.82, 2.24) is 10.6 Å². The van der Waals surface area contributed by atoms with Crippen LogP contribution >= 0.6 is 22.7 Å². The fourth-order valence-corrected chi connectivity index (χ4v) is 3.81. The molecule has 0 saturated carbocycles. The van der Waals surface area contributed by atoms with Gasteiger partial charge in [0.15, 0.2) is 0 Å². The third-order valence-corrected chi connectivity index (χ3v) is 4.79. The van der Waals surface area contributed by atoms with Gasteiger partial charge in [-0.15, -0.1) is 22.7 Å². The zero-order valence-corrected chi connectivity index (χ0v) is 10.0. The van der Waals surface area contributed by atoms with Crippen molar-refractivity contribution in [1.29, 1.82) is 0 Å². The number of carbonyl (C=O) groups is 1. The molecule has 1 fully saturated rings. The van der Waals surface area contributed by atoms with Crippen LogP contribution in [-0.2, 0) is 5.54 Å². The average molecular weight is 250 g/mol. The van der Waals surface area contributed by atoms with Crippen molar-refractivity contribution in [3.8, 4) is 0 Å². The standard InChI is InChI=1S/C11H10N2OS2/c14-10-12-7-11(13-10,8-3-1-5-15-8)9-4-2-6-16-9/h1-6H,7H2,(H2,12,13,14). The van der Waals surface area contributed by atoms with E-state index in [4.69, 9.17) is 0 Å². The molecule has 0 radical (unpaired) electrons. The highest BCUT2D eigenvalue weighted by atomic mass is 32.1. The molecular weight excluding hydrogens is 240 g/mol. The first-order valence-corrected chi connectivity index (χ1v) is 6.71. The molecule has 1 saturated heterocycles. The van der Waals surface area contributed by atoms with Crippen LogP contribution in [0.4, 0.5) is 4.79 Å². The maximum Gasteiger partial charge on any atom is 0.315 e. The van der Waals surface area contributed by atoms with E-state index in [1.54, 1.807) is 22.7 Å². The van der Waals surface area contributed by atoms with Gasteiger partial charge in [-0.3, -0.25) is 0 Å². The highest BCUT2D eigenvalue weighted by molar-refractivity contribution is 7.11. The van der Waals surface area contributed by atoms with Gasteiger partial charge in [-0.05, 0) is 22.9 Å². The summed E-state index contributed by atoms with van der Waals surface area (Å²) < 4.78 is 0. The lowest BCUT2D eigenvalue weighted by atomic mass is 9.97. The Morgan fingerprint density at radius 3 is 2.12 bits per heavy atom. The molecule has 16 heavy (non-hydrogen) atoms. The zero-order valence-electron chi connectivity index (χ0n) is 8.40. The van der Waals surface area contributed by atoms with Crippen molar-refractivity contribution >= 4 is 28.7 Å². The molecule has 3 nitrogen and oxygen atoms in total. The molecule has 0 spiro atoms. The summed E-state index contributed by atoms with van der Waals surface area (Å²) in [5, 5.41) is 9.97. The Hall–Kier alpha value is -1.33. The van der Waals surface area contributed by atoms with Gasteiger partial charge in [-0.2, -0.15) is 0 Å². The zero-order chi connectivity index (χ0) is 11.0. The third kappa shape index (κ3) is 1.36. The van der Waals surface area contributed by atoms with Crippen molar-refractivity contribution in [2.24, 2.45) is 0 Å². The van der Waals surface area contributed by atoms with Crippen molar-refractivity contribution in [2.45, 2.75) is 5.54 Å². The summed E-state index contributed by atoms with van der Waals surface area (Å²) in [5.41, 5.74) is -0.362. The first-order valence-electron chi connectivity index (χ1n) is 4.95. The van der Waals surface area contributed by atoms with Gasteiger partial charge in [0.05, 0.1) is 6.54 Å². The van der Waals surface area contributed by atoms with Gasteiger partial charge < -0.3 is 10.6 Å². The van der Waals surface area contributed by atoms with E-state index >= 15 is 0 Å². The Balaban J connectivity index is 2.12. The van der Waals surface area contributed by atoms with Crippen LogP contribution in [-0.4, -0.2) is 12.6 Å². The van der Waals surface area contributed by atoms with E-state index in [0.29, 0.717) is 6.54 Å². The minimum atomic E-state index is -0.362. The van der Waals surface area contributed by atoms with E-state index < -0.39 is 0 Å². The Morgan fingerprint density at radius 2 is 1.75 bits per heavy atom. The van der Waals surface area contributed by atoms with Crippen molar-refractivity contribution in [3.05, 3.63) is 44.8 Å². The Bertz CT molecular complexity index is 456. The molecule has 1 aliphatic rings. The fourth-order valence-electron chi connectivity index (χ4n) is 1.96. The number of carbonyl (C=O) groups excluding carboxylic acids is 1. The van der Waals surface area contributed by atoms with Crippen molar-refractivity contribution < 1.29 is 4.79 Å². The van der Waals surface area contributed by atoms with E-state index in [1.807, 2.05) is 22.9 Å². The van der Waals surface area contributed by atoms with Gasteiger partial charge in [-0.25, -0.2) is 4.79 Å². The molecule has 0 atom stereocenters. The van der Waals surface area contributed by atoms with Crippen LogP contribution < -0.4 is 10.6 Å². The lowest BCUT2D eigenvalue weighted by molar-refractivity contribution is 0.246. The molecule has 3 rings (SSSR count). The van der Waals surface area contributed by atoms with Gasteiger partial charge >= 0.3 is 6.03 Å². The molecule has 2 aromatic heterocycles. The summed E-state index contributed by atoms with van der Waals surface area (Å²) in [6.45, 7) is 0.618. The minimum absolute atomic E-state index is 0.0956. The number of urea groups is 1. The molecule has 0 unspecified atom stereocenters. The Morgan fingerprint density at radius 1 is 1.12 bits per heavy atom. The van der Waals surface area contributed by atoms with Crippen LogP contribution in [0, 0.1) is 0 Å². The number of hydrogen-bond donors (Lipinski definition) is 2. The van der Waals surface area contributed by atoms with E-state index in [9.17, 15) is 4.79 Å². The van der Waals surface area contributed by atoms with Crippen molar-refractivity contribution in [3.63, 3.8) is 0 Å². The van der Waals surface area contributed by atoms with E-state index in [0.717, 1.165) is 0 Å². The maximum absolute atomic E-state index is 11.4. The fraction of sp³-hybridized carbons (Fsp3) is 0.182. The van der Waals surface area contributed by atoms with Gasteiger partial charge in [0, 0.05) is 9.75 Å². The number of amides is 2. The lowest BCUT2D eigenvalue weighted by Gasteiger charge is -2.25. The molecule has 5 heteroatoms. The second-order valence-corrected chi connectivity index (χ2v) is 5.56. The van der Waals surface area contributed by atoms with Crippen LogP contribution in [0.25, 0.3) is 0 Å². The van der Waals surface area contributed by atoms with E-state index in [-0.39, 0.29) is 11.6 Å². The van der Waals surface area contributed by atoms with Gasteiger partial charge in [0.2, 0.25) is 0 Å². The highest BCUT2D eigenvalue weighted by Crippen LogP contribution is 2.36. The number of thiophene rings is 2. The van der Waals surface area contributed by atoms with E-state index in [2.05, 4.69) is 22.8 Å². The highest BCUT2D eigenvalue weighted by Gasteiger charge is 2.42. The largest absolute Gasteiger partial charge is 0.335 e. The predicted molar refractivity (Wildman–Crippen MR) is 66.0 cm³/mol. The third-order valence-electron chi connectivity index (χ3n) is 2.72. The van der Waals surface area contributed by atoms with E-state index in [1.165, 1.54) is 9.75 Å². The van der Waals surface area contributed by atoms with Crippen LogP contribution in [0.5, 0.6) is 0 Å². The summed E-state index contributed by atoms with van der Waals surface area (Å²) in [6.07, 6.45) is 0. The van der Waals surface area contributed by atoms with Gasteiger partial charge in [0.25, 0.3) is 0 Å². The second kappa shape index (κ2) is 3.61. The van der Waals surface area contributed by atoms with Crippen LogP contribution in [0.1, 0.15) is 9.75 Å². The van der Waals surface area contributed by atoms with Crippen LogP contribution in [0.3, 0.4) is 0 Å². The summed E-state index contributed by atoms with van der Waals surface area (Å²) in [4.78, 5) is 13.8. The molecule has 0 aliphatic carbocycles. The van der Waals surface area contributed by atoms with Crippen molar-refractivity contribution in [2.75, 3.05) is 6.54 Å². The molecule has 3 heterocycles. The predicted octanol–water partition coefficient (Wildman–Crippen LogP) is 2.37. The first kappa shape index (κ1) is 9.86. The first-order chi connectivity index (χ1) is 7.81. The summed E-state index contributed by atoms with van der Waals surface area (Å²) in [6, 6.07) is 8.07. The normalized spacial score (nSPS) is 18.1. The molecule has 82 valence electrons. The maximum atomic E-state index is 11.4.